The van der Waals surface area contributed by atoms with Crippen molar-refractivity contribution in [2.24, 2.45) is 0 Å². The molecule has 2 aromatic rings. The predicted octanol–water partition coefficient (Wildman–Crippen LogP) is 1.89. The second-order valence-corrected chi connectivity index (χ2v) is 6.11. The number of nitrogens with one attached hydrogen (secondary N) is 1. The molecule has 0 saturated heterocycles. The van der Waals surface area contributed by atoms with Crippen LogP contribution < -0.4 is 10.5 Å². The van der Waals surface area contributed by atoms with Crippen molar-refractivity contribution in [3.8, 4) is 0 Å². The molecule has 0 bridgehead atoms. The maximum absolute atomic E-state index is 11.9. The van der Waals surface area contributed by atoms with Gasteiger partial charge >= 0.3 is 0 Å². The van der Waals surface area contributed by atoms with Gasteiger partial charge in [-0.05, 0) is 23.3 Å². The molecule has 0 unspecified atom stereocenters. The third-order valence-electron chi connectivity index (χ3n) is 2.68. The number of hydrogen-bond donors (Lipinski definition) is 2. The summed E-state index contributed by atoms with van der Waals surface area (Å²) in [6.45, 7) is 0.273. The van der Waals surface area contributed by atoms with Crippen LogP contribution in [0.4, 0.5) is 5.69 Å². The Morgan fingerprint density at radius 2 is 1.53 bits per heavy atom. The first kappa shape index (κ1) is 13.6. The van der Waals surface area contributed by atoms with Gasteiger partial charge in [0.15, 0.2) is 0 Å². The minimum atomic E-state index is -3.32. The van der Waals surface area contributed by atoms with Crippen LogP contribution in [0.2, 0.25) is 0 Å². The highest BCUT2D eigenvalue weighted by molar-refractivity contribution is 7.88. The Hall–Kier alpha value is -1.85. The monoisotopic (exact) mass is 276 g/mol. The normalized spacial score (nSPS) is 11.4. The van der Waals surface area contributed by atoms with Crippen molar-refractivity contribution in [2.75, 3.05) is 5.73 Å². The lowest BCUT2D eigenvalue weighted by Gasteiger charge is -2.07. The molecule has 2 aromatic carbocycles. The zero-order valence-electron chi connectivity index (χ0n) is 10.4. The molecule has 100 valence electrons. The number of rotatable bonds is 5. The molecule has 2 rings (SSSR count). The Labute approximate surface area is 113 Å². The fraction of sp³-hybridized carbons (Fsp3) is 0.143. The fourth-order valence-electron chi connectivity index (χ4n) is 1.67. The molecule has 0 atom stereocenters. The third kappa shape index (κ3) is 4.39. The van der Waals surface area contributed by atoms with E-state index in [1.54, 1.807) is 36.4 Å². The lowest BCUT2D eigenvalue weighted by Crippen LogP contribution is -2.24. The minimum Gasteiger partial charge on any atom is -0.399 e. The van der Waals surface area contributed by atoms with Gasteiger partial charge in [-0.25, -0.2) is 13.1 Å². The highest BCUT2D eigenvalue weighted by Gasteiger charge is 2.10. The maximum Gasteiger partial charge on any atom is 0.216 e. The fourth-order valence-corrected chi connectivity index (χ4v) is 2.79. The smallest absolute Gasteiger partial charge is 0.216 e. The number of nitrogen functional groups attached to an aromatic ring is 1. The van der Waals surface area contributed by atoms with E-state index in [0.29, 0.717) is 5.69 Å². The van der Waals surface area contributed by atoms with Crippen molar-refractivity contribution >= 4 is 15.7 Å². The predicted molar refractivity (Wildman–Crippen MR) is 76.8 cm³/mol. The van der Waals surface area contributed by atoms with Crippen LogP contribution in [0, 0.1) is 0 Å². The van der Waals surface area contributed by atoms with Crippen LogP contribution in [0.15, 0.2) is 54.6 Å². The summed E-state index contributed by atoms with van der Waals surface area (Å²) in [5, 5.41) is 0. The number of hydrogen-bond acceptors (Lipinski definition) is 3. The number of benzene rings is 2. The average Bonchev–Trinajstić information content (AvgIpc) is 2.39. The summed E-state index contributed by atoms with van der Waals surface area (Å²) in [6, 6.07) is 16.2. The number of sulfonamides is 1. The molecule has 0 spiro atoms. The van der Waals surface area contributed by atoms with Gasteiger partial charge < -0.3 is 5.73 Å². The van der Waals surface area contributed by atoms with Gasteiger partial charge in [0.05, 0.1) is 5.75 Å². The quantitative estimate of drug-likeness (QED) is 0.819. The van der Waals surface area contributed by atoms with Gasteiger partial charge in [-0.15, -0.1) is 0 Å². The molecule has 0 heterocycles. The molecule has 4 nitrogen and oxygen atoms in total. The zero-order chi connectivity index (χ0) is 13.7. The van der Waals surface area contributed by atoms with Crippen LogP contribution in [0.25, 0.3) is 0 Å². The Balaban J connectivity index is 1.96. The molecule has 3 N–H and O–H groups in total. The van der Waals surface area contributed by atoms with Crippen LogP contribution >= 0.6 is 0 Å². The molecule has 0 radical (unpaired) electrons. The standard InChI is InChI=1S/C14H16N2O2S/c15-14-8-6-12(7-9-14)10-16-19(17,18)11-13-4-2-1-3-5-13/h1-9,16H,10-11,15H2. The lowest BCUT2D eigenvalue weighted by molar-refractivity contribution is 0.580. The first-order chi connectivity index (χ1) is 9.05. The molecule has 0 aliphatic heterocycles. The molecule has 0 aliphatic rings. The van der Waals surface area contributed by atoms with E-state index in [9.17, 15) is 8.42 Å². The second kappa shape index (κ2) is 5.86. The highest BCUT2D eigenvalue weighted by Crippen LogP contribution is 2.07. The van der Waals surface area contributed by atoms with Crippen LogP contribution in [0.3, 0.4) is 0 Å². The first-order valence-electron chi connectivity index (χ1n) is 5.91. The maximum atomic E-state index is 11.9. The van der Waals surface area contributed by atoms with E-state index in [2.05, 4.69) is 4.72 Å². The van der Waals surface area contributed by atoms with E-state index in [4.69, 9.17) is 5.73 Å². The zero-order valence-corrected chi connectivity index (χ0v) is 11.2. The first-order valence-corrected chi connectivity index (χ1v) is 7.56. The highest BCUT2D eigenvalue weighted by atomic mass is 32.2. The third-order valence-corrected chi connectivity index (χ3v) is 3.97. The molecular formula is C14H16N2O2S. The number of anilines is 1. The van der Waals surface area contributed by atoms with Gasteiger partial charge in [-0.1, -0.05) is 42.5 Å². The van der Waals surface area contributed by atoms with Gasteiger partial charge in [0.1, 0.15) is 0 Å². The summed E-state index contributed by atoms with van der Waals surface area (Å²) < 4.78 is 26.4. The van der Waals surface area contributed by atoms with Gasteiger partial charge in [-0.3, -0.25) is 0 Å². The Morgan fingerprint density at radius 1 is 0.895 bits per heavy atom. The minimum absolute atomic E-state index is 0.0111. The molecule has 5 heteroatoms. The number of nitrogens with two attached hydrogens (primary N) is 1. The summed E-state index contributed by atoms with van der Waals surface area (Å²) in [7, 11) is -3.32. The SMILES string of the molecule is Nc1ccc(CNS(=O)(=O)Cc2ccccc2)cc1. The van der Waals surface area contributed by atoms with E-state index in [1.807, 2.05) is 18.2 Å². The summed E-state index contributed by atoms with van der Waals surface area (Å²) in [4.78, 5) is 0. The molecular weight excluding hydrogens is 260 g/mol. The van der Waals surface area contributed by atoms with Crippen molar-refractivity contribution in [2.45, 2.75) is 12.3 Å². The molecule has 0 aromatic heterocycles. The van der Waals surface area contributed by atoms with Crippen LogP contribution in [-0.2, 0) is 22.3 Å². The second-order valence-electron chi connectivity index (χ2n) is 4.31. The van der Waals surface area contributed by atoms with E-state index in [1.165, 1.54) is 0 Å². The van der Waals surface area contributed by atoms with Crippen LogP contribution in [0.5, 0.6) is 0 Å². The topological polar surface area (TPSA) is 72.2 Å². The van der Waals surface area contributed by atoms with E-state index in [-0.39, 0.29) is 12.3 Å². The molecule has 0 saturated carbocycles. The van der Waals surface area contributed by atoms with E-state index >= 15 is 0 Å². The summed E-state index contributed by atoms with van der Waals surface area (Å²) in [5.74, 6) is -0.0111. The molecule has 0 amide bonds. The van der Waals surface area contributed by atoms with Crippen molar-refractivity contribution in [3.05, 3.63) is 65.7 Å². The average molecular weight is 276 g/mol. The Morgan fingerprint density at radius 3 is 2.16 bits per heavy atom. The van der Waals surface area contributed by atoms with Gasteiger partial charge in [0.2, 0.25) is 10.0 Å². The van der Waals surface area contributed by atoms with Crippen LogP contribution in [-0.4, -0.2) is 8.42 Å². The Bertz CT molecular complexity index is 622. The van der Waals surface area contributed by atoms with E-state index < -0.39 is 10.0 Å². The van der Waals surface area contributed by atoms with Gasteiger partial charge in [-0.2, -0.15) is 0 Å². The molecule has 0 aliphatic carbocycles. The lowest BCUT2D eigenvalue weighted by atomic mass is 10.2. The summed E-state index contributed by atoms with van der Waals surface area (Å²) in [6.07, 6.45) is 0. The van der Waals surface area contributed by atoms with Crippen LogP contribution in [0.1, 0.15) is 11.1 Å². The molecule has 19 heavy (non-hydrogen) atoms. The summed E-state index contributed by atoms with van der Waals surface area (Å²) in [5.41, 5.74) is 7.89. The summed E-state index contributed by atoms with van der Waals surface area (Å²) >= 11 is 0. The molecule has 0 fully saturated rings. The van der Waals surface area contributed by atoms with Crippen molar-refractivity contribution < 1.29 is 8.42 Å². The Kier molecular flexibility index (Phi) is 4.19. The van der Waals surface area contributed by atoms with Crippen molar-refractivity contribution in [1.82, 2.24) is 4.72 Å². The largest absolute Gasteiger partial charge is 0.399 e. The van der Waals surface area contributed by atoms with Crippen molar-refractivity contribution in [1.29, 1.82) is 0 Å². The van der Waals surface area contributed by atoms with Gasteiger partial charge in [0, 0.05) is 12.2 Å². The van der Waals surface area contributed by atoms with Crippen molar-refractivity contribution in [3.63, 3.8) is 0 Å². The van der Waals surface area contributed by atoms with Gasteiger partial charge in [0.25, 0.3) is 0 Å². The van der Waals surface area contributed by atoms with E-state index in [0.717, 1.165) is 11.1 Å².